The Labute approximate surface area is 190 Å². The Morgan fingerprint density at radius 1 is 1.00 bits per heavy atom. The van der Waals surface area contributed by atoms with Crippen molar-refractivity contribution in [3.05, 3.63) is 94.5 Å². The van der Waals surface area contributed by atoms with Crippen molar-refractivity contribution < 1.29 is 14.3 Å². The second-order valence-corrected chi connectivity index (χ2v) is 8.11. The van der Waals surface area contributed by atoms with Crippen LogP contribution < -0.4 is 15.0 Å². The Morgan fingerprint density at radius 3 is 2.39 bits per heavy atom. The van der Waals surface area contributed by atoms with Crippen LogP contribution in [0, 0.1) is 0 Å². The van der Waals surface area contributed by atoms with Crippen molar-refractivity contribution in [3.63, 3.8) is 0 Å². The number of fused-ring (bicyclic) bond motifs is 1. The topological polar surface area (TPSA) is 58.6 Å². The van der Waals surface area contributed by atoms with Gasteiger partial charge in [0.1, 0.15) is 11.3 Å². The van der Waals surface area contributed by atoms with Gasteiger partial charge in [0.25, 0.3) is 11.8 Å². The van der Waals surface area contributed by atoms with E-state index < -0.39 is 5.50 Å². The molecule has 1 aliphatic heterocycles. The second-order valence-electron chi connectivity index (χ2n) is 7.17. The summed E-state index contributed by atoms with van der Waals surface area (Å²) in [5.41, 5.74) is 1.73. The number of anilines is 1. The number of carbonyl (C=O) groups excluding carboxylic acids is 2. The van der Waals surface area contributed by atoms with Crippen LogP contribution in [0.25, 0.3) is 0 Å². The van der Waals surface area contributed by atoms with E-state index in [0.29, 0.717) is 34.0 Å². The maximum atomic E-state index is 13.3. The smallest absolute Gasteiger partial charge is 0.259 e. The van der Waals surface area contributed by atoms with E-state index in [4.69, 9.17) is 27.9 Å². The molecule has 0 saturated heterocycles. The molecular formula is C24H20Cl2N2O3. The van der Waals surface area contributed by atoms with Crippen LogP contribution >= 0.6 is 23.2 Å². The number of ether oxygens (including phenoxy) is 1. The molecule has 5 nitrogen and oxygen atoms in total. The van der Waals surface area contributed by atoms with E-state index in [9.17, 15) is 9.59 Å². The van der Waals surface area contributed by atoms with Crippen LogP contribution in [0.3, 0.4) is 0 Å². The molecule has 3 aromatic carbocycles. The molecule has 0 radical (unpaired) electrons. The molecule has 0 aliphatic carbocycles. The largest absolute Gasteiger partial charge is 0.497 e. The summed E-state index contributed by atoms with van der Waals surface area (Å²) in [5, 5.41) is 3.51. The monoisotopic (exact) mass is 454 g/mol. The predicted molar refractivity (Wildman–Crippen MR) is 122 cm³/mol. The minimum Gasteiger partial charge on any atom is -0.497 e. The van der Waals surface area contributed by atoms with Gasteiger partial charge in [-0.2, -0.15) is 0 Å². The third-order valence-corrected chi connectivity index (χ3v) is 5.84. The minimum atomic E-state index is -0.665. The number of methoxy groups -OCH3 is 1. The molecule has 158 valence electrons. The lowest BCUT2D eigenvalue weighted by Gasteiger charge is -2.38. The van der Waals surface area contributed by atoms with Crippen molar-refractivity contribution >= 4 is 40.7 Å². The molecule has 2 unspecified atom stereocenters. The first-order valence-corrected chi connectivity index (χ1v) is 10.6. The van der Waals surface area contributed by atoms with Crippen LogP contribution in [0.2, 0.25) is 5.02 Å². The summed E-state index contributed by atoms with van der Waals surface area (Å²) in [5.74, 6) is 0.203. The molecule has 31 heavy (non-hydrogen) atoms. The van der Waals surface area contributed by atoms with Gasteiger partial charge in [0, 0.05) is 22.6 Å². The molecule has 2 atom stereocenters. The van der Waals surface area contributed by atoms with Crippen LogP contribution in [0.4, 0.5) is 5.69 Å². The van der Waals surface area contributed by atoms with Gasteiger partial charge < -0.3 is 10.1 Å². The van der Waals surface area contributed by atoms with E-state index in [1.165, 1.54) is 4.90 Å². The summed E-state index contributed by atoms with van der Waals surface area (Å²) in [6.07, 6.45) is 0.358. The van der Waals surface area contributed by atoms with Gasteiger partial charge in [-0.1, -0.05) is 47.5 Å². The van der Waals surface area contributed by atoms with Crippen LogP contribution in [-0.2, 0) is 0 Å². The molecule has 0 saturated carbocycles. The molecule has 1 N–H and O–H groups in total. The highest BCUT2D eigenvalue weighted by molar-refractivity contribution is 6.31. The quantitative estimate of drug-likeness (QED) is 0.421. The maximum Gasteiger partial charge on any atom is 0.259 e. The number of amides is 2. The van der Waals surface area contributed by atoms with Gasteiger partial charge in [-0.15, -0.1) is 0 Å². The molecule has 0 fully saturated rings. The first kappa shape index (κ1) is 21.2. The third-order valence-electron chi connectivity index (χ3n) is 5.23. The molecule has 1 heterocycles. The van der Waals surface area contributed by atoms with E-state index in [2.05, 4.69) is 5.32 Å². The third kappa shape index (κ3) is 4.38. The zero-order valence-corrected chi connectivity index (χ0v) is 18.2. The van der Waals surface area contributed by atoms with Crippen molar-refractivity contribution in [3.8, 4) is 5.75 Å². The van der Waals surface area contributed by atoms with E-state index in [1.54, 1.807) is 55.6 Å². The summed E-state index contributed by atoms with van der Waals surface area (Å²) in [6.45, 7) is 0. The molecule has 2 amide bonds. The zero-order chi connectivity index (χ0) is 22.0. The average molecular weight is 455 g/mol. The van der Waals surface area contributed by atoms with Crippen LogP contribution in [0.15, 0.2) is 72.8 Å². The maximum absolute atomic E-state index is 13.3. The highest BCUT2D eigenvalue weighted by Gasteiger charge is 2.36. The number of carbonyl (C=O) groups is 2. The Morgan fingerprint density at radius 2 is 1.71 bits per heavy atom. The fourth-order valence-electron chi connectivity index (χ4n) is 3.67. The fraction of sp³-hybridized carbons (Fsp3) is 0.167. The first-order chi connectivity index (χ1) is 15.0. The van der Waals surface area contributed by atoms with Crippen molar-refractivity contribution in [1.82, 2.24) is 5.32 Å². The predicted octanol–water partition coefficient (Wildman–Crippen LogP) is 5.44. The van der Waals surface area contributed by atoms with Crippen LogP contribution in [-0.4, -0.2) is 24.4 Å². The van der Waals surface area contributed by atoms with Gasteiger partial charge in [-0.25, -0.2) is 0 Å². The number of rotatable bonds is 4. The van der Waals surface area contributed by atoms with Gasteiger partial charge in [-0.3, -0.25) is 14.5 Å². The Bertz CT molecular complexity index is 1100. The Hall–Kier alpha value is -3.02. The van der Waals surface area contributed by atoms with Gasteiger partial charge in [-0.05, 0) is 54.1 Å². The van der Waals surface area contributed by atoms with E-state index >= 15 is 0 Å². The number of nitrogens with zero attached hydrogens (tertiary/aromatic N) is 1. The van der Waals surface area contributed by atoms with Crippen molar-refractivity contribution in [1.29, 1.82) is 0 Å². The lowest BCUT2D eigenvalue weighted by molar-refractivity contribution is 0.0932. The standard InChI is InChI=1S/C24H20Cl2N2O3/c1-31-18-10-7-16(8-11-18)24(30)28-21-13-17(25)9-12-19(21)20(14-22(28)26)27-23(29)15-5-3-2-4-6-15/h2-13,20,22H,14H2,1H3,(H,27,29). The Kier molecular flexibility index (Phi) is 6.16. The van der Waals surface area contributed by atoms with Crippen molar-refractivity contribution in [2.24, 2.45) is 0 Å². The molecule has 1 aliphatic rings. The van der Waals surface area contributed by atoms with Gasteiger partial charge >= 0.3 is 0 Å². The number of hydrogen-bond acceptors (Lipinski definition) is 3. The number of nitrogens with one attached hydrogen (secondary N) is 1. The lowest BCUT2D eigenvalue weighted by atomic mass is 9.95. The first-order valence-electron chi connectivity index (χ1n) is 9.75. The van der Waals surface area contributed by atoms with Gasteiger partial charge in [0.05, 0.1) is 18.8 Å². The van der Waals surface area contributed by atoms with Gasteiger partial charge in [0.2, 0.25) is 0 Å². The Balaban J connectivity index is 1.66. The number of halogens is 2. The number of hydrogen-bond donors (Lipinski definition) is 1. The molecule has 0 aromatic heterocycles. The zero-order valence-electron chi connectivity index (χ0n) is 16.7. The van der Waals surface area contributed by atoms with Crippen LogP contribution in [0.5, 0.6) is 5.75 Å². The minimum absolute atomic E-state index is 0.203. The molecule has 3 aromatic rings. The molecular weight excluding hydrogens is 435 g/mol. The normalized spacial score (nSPS) is 17.6. The summed E-state index contributed by atoms with van der Waals surface area (Å²) in [6, 6.07) is 20.7. The SMILES string of the molecule is COc1ccc(C(=O)N2c3cc(Cl)ccc3C(NC(=O)c3ccccc3)CC2Cl)cc1. The van der Waals surface area contributed by atoms with E-state index in [-0.39, 0.29) is 17.9 Å². The summed E-state index contributed by atoms with van der Waals surface area (Å²) in [4.78, 5) is 27.5. The molecule has 7 heteroatoms. The second kappa shape index (κ2) is 9.00. The van der Waals surface area contributed by atoms with E-state index in [0.717, 1.165) is 5.56 Å². The average Bonchev–Trinajstić information content (AvgIpc) is 2.79. The van der Waals surface area contributed by atoms with Crippen molar-refractivity contribution in [2.45, 2.75) is 18.0 Å². The van der Waals surface area contributed by atoms with Gasteiger partial charge in [0.15, 0.2) is 0 Å². The summed E-state index contributed by atoms with van der Waals surface area (Å²) >= 11 is 12.9. The highest BCUT2D eigenvalue weighted by atomic mass is 35.5. The molecule has 4 rings (SSSR count). The van der Waals surface area contributed by atoms with Crippen LogP contribution in [0.1, 0.15) is 38.7 Å². The van der Waals surface area contributed by atoms with Crippen molar-refractivity contribution in [2.75, 3.05) is 12.0 Å². The molecule has 0 spiro atoms. The fourth-order valence-corrected chi connectivity index (χ4v) is 4.21. The number of benzene rings is 3. The van der Waals surface area contributed by atoms with E-state index in [1.807, 2.05) is 24.3 Å². The lowest BCUT2D eigenvalue weighted by Crippen LogP contribution is -2.45. The number of alkyl halides is 1. The molecule has 0 bridgehead atoms. The summed E-state index contributed by atoms with van der Waals surface area (Å²) in [7, 11) is 1.57. The summed E-state index contributed by atoms with van der Waals surface area (Å²) < 4.78 is 5.17. The highest BCUT2D eigenvalue weighted by Crippen LogP contribution is 2.41.